The third-order valence-electron chi connectivity index (χ3n) is 3.69. The molecule has 0 bridgehead atoms. The van der Waals surface area contributed by atoms with Crippen molar-refractivity contribution in [2.75, 3.05) is 11.9 Å². The molecule has 0 radical (unpaired) electrons. The van der Waals surface area contributed by atoms with E-state index in [0.29, 0.717) is 16.8 Å². The van der Waals surface area contributed by atoms with E-state index in [9.17, 15) is 14.4 Å². The van der Waals surface area contributed by atoms with Gasteiger partial charge in [0.25, 0.3) is 11.8 Å². The van der Waals surface area contributed by atoms with Crippen molar-refractivity contribution in [3.63, 3.8) is 0 Å². The summed E-state index contributed by atoms with van der Waals surface area (Å²) in [5, 5.41) is 17.9. The van der Waals surface area contributed by atoms with Gasteiger partial charge in [-0.2, -0.15) is 5.10 Å². The van der Waals surface area contributed by atoms with Crippen LogP contribution in [0.1, 0.15) is 47.2 Å². The molecule has 138 valence electrons. The molecule has 2 rings (SSSR count). The van der Waals surface area contributed by atoms with Crippen molar-refractivity contribution < 1.29 is 19.5 Å². The molecule has 0 spiro atoms. The van der Waals surface area contributed by atoms with E-state index in [1.807, 2.05) is 27.7 Å². The fraction of sp³-hybridized carbons (Fsp3) is 0.333. The molecule has 2 aromatic rings. The van der Waals surface area contributed by atoms with Crippen LogP contribution in [-0.4, -0.2) is 39.2 Å². The molecule has 0 saturated heterocycles. The molecule has 26 heavy (non-hydrogen) atoms. The molecule has 8 nitrogen and oxygen atoms in total. The lowest BCUT2D eigenvalue weighted by molar-refractivity contribution is -0.135. The Morgan fingerprint density at radius 2 is 1.73 bits per heavy atom. The van der Waals surface area contributed by atoms with Crippen molar-refractivity contribution in [3.8, 4) is 0 Å². The second-order valence-corrected chi connectivity index (χ2v) is 6.83. The molecule has 0 aliphatic rings. The molecule has 2 amide bonds. The average molecular weight is 358 g/mol. The Hall–Kier alpha value is -3.16. The first-order chi connectivity index (χ1) is 12.1. The summed E-state index contributed by atoms with van der Waals surface area (Å²) in [6.45, 7) is 7.39. The predicted octanol–water partition coefficient (Wildman–Crippen LogP) is 2.01. The van der Waals surface area contributed by atoms with E-state index < -0.39 is 18.4 Å². The molecular formula is C18H22N4O4. The normalized spacial score (nSPS) is 11.1. The van der Waals surface area contributed by atoms with E-state index in [-0.39, 0.29) is 11.4 Å². The van der Waals surface area contributed by atoms with Crippen LogP contribution in [0.4, 0.5) is 5.69 Å². The lowest BCUT2D eigenvalue weighted by atomic mass is 10.1. The summed E-state index contributed by atoms with van der Waals surface area (Å²) in [6, 6.07) is 6.19. The van der Waals surface area contributed by atoms with E-state index in [1.165, 1.54) is 18.3 Å². The molecule has 1 heterocycles. The van der Waals surface area contributed by atoms with Crippen molar-refractivity contribution in [1.82, 2.24) is 15.1 Å². The number of nitrogens with zero attached hydrogens (tertiary/aromatic N) is 2. The quantitative estimate of drug-likeness (QED) is 0.757. The zero-order valence-electron chi connectivity index (χ0n) is 15.2. The SMILES string of the molecule is Cc1c(C(=O)Nc2ccc(C(=O)NCC(=O)O)cc2)cnn1C(C)(C)C. The minimum absolute atomic E-state index is 0.229. The average Bonchev–Trinajstić information content (AvgIpc) is 2.95. The number of nitrogens with one attached hydrogen (secondary N) is 2. The highest BCUT2D eigenvalue weighted by Gasteiger charge is 2.21. The second-order valence-electron chi connectivity index (χ2n) is 6.83. The van der Waals surface area contributed by atoms with Crippen LogP contribution in [0.5, 0.6) is 0 Å². The highest BCUT2D eigenvalue weighted by molar-refractivity contribution is 6.05. The maximum absolute atomic E-state index is 12.5. The first kappa shape index (κ1) is 19.2. The van der Waals surface area contributed by atoms with Crippen LogP contribution < -0.4 is 10.6 Å². The number of carbonyl (C=O) groups is 3. The number of rotatable bonds is 5. The van der Waals surface area contributed by atoms with Gasteiger partial charge >= 0.3 is 5.97 Å². The summed E-state index contributed by atoms with van der Waals surface area (Å²) in [7, 11) is 0. The van der Waals surface area contributed by atoms with Crippen molar-refractivity contribution >= 4 is 23.5 Å². The van der Waals surface area contributed by atoms with Crippen LogP contribution in [-0.2, 0) is 10.3 Å². The molecule has 0 unspecified atom stereocenters. The number of carboxylic acid groups (broad SMARTS) is 1. The molecule has 0 aliphatic carbocycles. The highest BCUT2D eigenvalue weighted by Crippen LogP contribution is 2.19. The van der Waals surface area contributed by atoms with Crippen LogP contribution in [0.3, 0.4) is 0 Å². The molecular weight excluding hydrogens is 336 g/mol. The number of hydrogen-bond acceptors (Lipinski definition) is 4. The summed E-state index contributed by atoms with van der Waals surface area (Å²) in [4.78, 5) is 34.7. The minimum Gasteiger partial charge on any atom is -0.480 e. The lowest BCUT2D eigenvalue weighted by Crippen LogP contribution is -2.29. The van der Waals surface area contributed by atoms with Crippen LogP contribution in [0.15, 0.2) is 30.5 Å². The zero-order chi connectivity index (χ0) is 19.5. The summed E-state index contributed by atoms with van der Waals surface area (Å²) in [6.07, 6.45) is 1.53. The third kappa shape index (κ3) is 4.47. The van der Waals surface area contributed by atoms with Crippen LogP contribution >= 0.6 is 0 Å². The number of aliphatic carboxylic acids is 1. The van der Waals surface area contributed by atoms with E-state index in [0.717, 1.165) is 5.69 Å². The van der Waals surface area contributed by atoms with Gasteiger partial charge in [-0.25, -0.2) is 0 Å². The number of hydrogen-bond donors (Lipinski definition) is 3. The van der Waals surface area contributed by atoms with Gasteiger partial charge in [0.05, 0.1) is 17.3 Å². The molecule has 0 saturated carbocycles. The van der Waals surface area contributed by atoms with Gasteiger partial charge in [-0.15, -0.1) is 0 Å². The minimum atomic E-state index is -1.12. The van der Waals surface area contributed by atoms with Crippen LogP contribution in [0.25, 0.3) is 0 Å². The number of aromatic nitrogens is 2. The first-order valence-corrected chi connectivity index (χ1v) is 8.06. The van der Waals surface area contributed by atoms with Gasteiger partial charge < -0.3 is 15.7 Å². The monoisotopic (exact) mass is 358 g/mol. The fourth-order valence-electron chi connectivity index (χ4n) is 2.47. The number of carboxylic acids is 1. The van der Waals surface area contributed by atoms with E-state index in [1.54, 1.807) is 16.8 Å². The van der Waals surface area contributed by atoms with Crippen molar-refractivity contribution in [2.45, 2.75) is 33.2 Å². The van der Waals surface area contributed by atoms with Gasteiger partial charge in [0, 0.05) is 16.9 Å². The maximum Gasteiger partial charge on any atom is 0.322 e. The summed E-state index contributed by atoms with van der Waals surface area (Å²) >= 11 is 0. The smallest absolute Gasteiger partial charge is 0.322 e. The number of benzene rings is 1. The molecule has 0 atom stereocenters. The molecule has 8 heteroatoms. The van der Waals surface area contributed by atoms with Crippen LogP contribution in [0.2, 0.25) is 0 Å². The summed E-state index contributed by atoms with van der Waals surface area (Å²) < 4.78 is 1.79. The largest absolute Gasteiger partial charge is 0.480 e. The van der Waals surface area contributed by atoms with Crippen molar-refractivity contribution in [2.24, 2.45) is 0 Å². The molecule has 0 fully saturated rings. The van der Waals surface area contributed by atoms with E-state index in [4.69, 9.17) is 5.11 Å². The van der Waals surface area contributed by atoms with Gasteiger partial charge in [0.1, 0.15) is 6.54 Å². The number of carbonyl (C=O) groups excluding carboxylic acids is 2. The standard InChI is InChI=1S/C18H22N4O4/c1-11-14(9-20-22(11)18(2,3)4)17(26)21-13-7-5-12(6-8-13)16(25)19-10-15(23)24/h5-9H,10H2,1-4H3,(H,19,25)(H,21,26)(H,23,24). The van der Waals surface area contributed by atoms with Gasteiger partial charge in [-0.3, -0.25) is 19.1 Å². The highest BCUT2D eigenvalue weighted by atomic mass is 16.4. The van der Waals surface area contributed by atoms with E-state index >= 15 is 0 Å². The Kier molecular flexibility index (Phi) is 5.44. The van der Waals surface area contributed by atoms with Gasteiger partial charge in [-0.05, 0) is 52.0 Å². The molecule has 1 aromatic heterocycles. The van der Waals surface area contributed by atoms with Gasteiger partial charge in [-0.1, -0.05) is 0 Å². The predicted molar refractivity (Wildman–Crippen MR) is 96.3 cm³/mol. The van der Waals surface area contributed by atoms with E-state index in [2.05, 4.69) is 15.7 Å². The fourth-order valence-corrected chi connectivity index (χ4v) is 2.47. The number of anilines is 1. The third-order valence-corrected chi connectivity index (χ3v) is 3.69. The lowest BCUT2D eigenvalue weighted by Gasteiger charge is -2.21. The Morgan fingerprint density at radius 1 is 1.12 bits per heavy atom. The molecule has 0 aliphatic heterocycles. The summed E-state index contributed by atoms with van der Waals surface area (Å²) in [5.41, 5.74) is 1.84. The Labute approximate surface area is 151 Å². The topological polar surface area (TPSA) is 113 Å². The maximum atomic E-state index is 12.5. The van der Waals surface area contributed by atoms with Crippen molar-refractivity contribution in [3.05, 3.63) is 47.3 Å². The second kappa shape index (κ2) is 7.38. The van der Waals surface area contributed by atoms with Gasteiger partial charge in [0.15, 0.2) is 0 Å². The Bertz CT molecular complexity index is 832. The number of amides is 2. The molecule has 3 N–H and O–H groups in total. The summed E-state index contributed by atoms with van der Waals surface area (Å²) in [5.74, 6) is -1.90. The zero-order valence-corrected chi connectivity index (χ0v) is 15.2. The first-order valence-electron chi connectivity index (χ1n) is 8.06. The van der Waals surface area contributed by atoms with Crippen molar-refractivity contribution in [1.29, 1.82) is 0 Å². The Morgan fingerprint density at radius 3 is 2.23 bits per heavy atom. The van der Waals surface area contributed by atoms with Gasteiger partial charge in [0.2, 0.25) is 0 Å². The Balaban J connectivity index is 2.07. The molecule has 1 aromatic carbocycles. The van der Waals surface area contributed by atoms with Crippen LogP contribution in [0, 0.1) is 6.92 Å².